The van der Waals surface area contributed by atoms with Gasteiger partial charge in [0.25, 0.3) is 5.91 Å². The first-order valence-corrected chi connectivity index (χ1v) is 8.31. The van der Waals surface area contributed by atoms with Crippen molar-refractivity contribution in [2.75, 3.05) is 12.4 Å². The summed E-state index contributed by atoms with van der Waals surface area (Å²) in [6.45, 7) is 1.73. The maximum Gasteiger partial charge on any atom is 0.293 e. The molecule has 4 rings (SSSR count). The van der Waals surface area contributed by atoms with E-state index in [9.17, 15) is 9.18 Å². The number of benzene rings is 2. The van der Waals surface area contributed by atoms with Crippen molar-refractivity contribution in [1.29, 1.82) is 0 Å². The zero-order valence-electron chi connectivity index (χ0n) is 13.4. The number of aromatic nitrogens is 1. The molecule has 7 heteroatoms. The van der Waals surface area contributed by atoms with Crippen molar-refractivity contribution in [3.8, 4) is 5.75 Å². The lowest BCUT2D eigenvalue weighted by atomic mass is 10.1. The maximum absolute atomic E-state index is 13.4. The zero-order valence-corrected chi connectivity index (χ0v) is 14.2. The minimum absolute atomic E-state index is 0.150. The summed E-state index contributed by atoms with van der Waals surface area (Å²) in [6, 6.07) is 9.67. The molecule has 0 radical (unpaired) electrons. The Balaban J connectivity index is 1.67. The predicted molar refractivity (Wildman–Crippen MR) is 95.0 cm³/mol. The SMILES string of the molecule is COc1ccc2nc(NC(=O)c3oc4ccc(F)cc4c3C)sc2c1. The maximum atomic E-state index is 13.4. The van der Waals surface area contributed by atoms with E-state index < -0.39 is 5.91 Å². The summed E-state index contributed by atoms with van der Waals surface area (Å²) in [4.78, 5) is 16.9. The van der Waals surface area contributed by atoms with Gasteiger partial charge >= 0.3 is 0 Å². The minimum Gasteiger partial charge on any atom is -0.497 e. The Hall–Kier alpha value is -2.93. The molecule has 0 spiro atoms. The number of anilines is 1. The van der Waals surface area contributed by atoms with Crippen LogP contribution < -0.4 is 10.1 Å². The van der Waals surface area contributed by atoms with E-state index in [2.05, 4.69) is 10.3 Å². The number of ether oxygens (including phenoxy) is 1. The second-order valence-corrected chi connectivity index (χ2v) is 6.53. The fraction of sp³-hybridized carbons (Fsp3) is 0.111. The number of thiazole rings is 1. The molecule has 0 atom stereocenters. The molecular weight excluding hydrogens is 343 g/mol. The smallest absolute Gasteiger partial charge is 0.293 e. The number of hydrogen-bond acceptors (Lipinski definition) is 5. The number of halogens is 1. The highest BCUT2D eigenvalue weighted by Gasteiger charge is 2.19. The van der Waals surface area contributed by atoms with Crippen molar-refractivity contribution >= 4 is 43.6 Å². The molecule has 0 unspecified atom stereocenters. The van der Waals surface area contributed by atoms with Crippen LogP contribution in [-0.2, 0) is 0 Å². The molecule has 0 saturated heterocycles. The van der Waals surface area contributed by atoms with Crippen LogP contribution in [0, 0.1) is 12.7 Å². The molecule has 1 N–H and O–H groups in total. The van der Waals surface area contributed by atoms with Crippen LogP contribution in [0.25, 0.3) is 21.2 Å². The number of carbonyl (C=O) groups excluding carboxylic acids is 1. The first-order chi connectivity index (χ1) is 12.0. The van der Waals surface area contributed by atoms with Gasteiger partial charge in [-0.2, -0.15) is 0 Å². The van der Waals surface area contributed by atoms with Crippen LogP contribution in [0.1, 0.15) is 16.1 Å². The van der Waals surface area contributed by atoms with Gasteiger partial charge in [0.1, 0.15) is 17.1 Å². The molecule has 2 heterocycles. The second kappa shape index (κ2) is 5.86. The lowest BCUT2D eigenvalue weighted by Gasteiger charge is -1.98. The summed E-state index contributed by atoms with van der Waals surface area (Å²) in [7, 11) is 1.60. The molecule has 0 aliphatic heterocycles. The fourth-order valence-electron chi connectivity index (χ4n) is 2.65. The lowest BCUT2D eigenvalue weighted by Crippen LogP contribution is -2.11. The van der Waals surface area contributed by atoms with E-state index in [0.29, 0.717) is 21.7 Å². The number of methoxy groups -OCH3 is 1. The van der Waals surface area contributed by atoms with Gasteiger partial charge in [-0.3, -0.25) is 10.1 Å². The molecule has 0 saturated carbocycles. The van der Waals surface area contributed by atoms with Gasteiger partial charge in [-0.15, -0.1) is 0 Å². The number of aryl methyl sites for hydroxylation is 1. The average molecular weight is 356 g/mol. The standard InChI is InChI=1S/C18H13FN2O3S/c1-9-12-7-10(19)3-6-14(12)24-16(9)17(22)21-18-20-13-5-4-11(23-2)8-15(13)25-18/h3-8H,1-2H3,(H,20,21,22). The van der Waals surface area contributed by atoms with Crippen LogP contribution in [0.2, 0.25) is 0 Å². The Morgan fingerprint density at radius 2 is 2.12 bits per heavy atom. The molecule has 0 bridgehead atoms. The van der Waals surface area contributed by atoms with Crippen molar-refractivity contribution in [1.82, 2.24) is 4.98 Å². The van der Waals surface area contributed by atoms with E-state index in [-0.39, 0.29) is 11.6 Å². The molecule has 4 aromatic rings. The van der Waals surface area contributed by atoms with Gasteiger partial charge in [0.05, 0.1) is 17.3 Å². The van der Waals surface area contributed by atoms with Gasteiger partial charge in [0, 0.05) is 10.9 Å². The number of amides is 1. The lowest BCUT2D eigenvalue weighted by molar-refractivity contribution is 0.0998. The second-order valence-electron chi connectivity index (χ2n) is 5.50. The van der Waals surface area contributed by atoms with Crippen LogP contribution in [0.4, 0.5) is 9.52 Å². The van der Waals surface area contributed by atoms with Gasteiger partial charge in [0.2, 0.25) is 0 Å². The number of fused-ring (bicyclic) bond motifs is 2. The Labute approximate surface area is 146 Å². The topological polar surface area (TPSA) is 64.4 Å². The zero-order chi connectivity index (χ0) is 17.6. The van der Waals surface area contributed by atoms with Gasteiger partial charge in [0.15, 0.2) is 10.9 Å². The summed E-state index contributed by atoms with van der Waals surface area (Å²) in [5, 5.41) is 3.78. The Morgan fingerprint density at radius 1 is 1.28 bits per heavy atom. The van der Waals surface area contributed by atoms with Crippen LogP contribution in [-0.4, -0.2) is 18.0 Å². The molecule has 0 aliphatic carbocycles. The Kier molecular flexibility index (Phi) is 3.65. The number of nitrogens with one attached hydrogen (secondary N) is 1. The van der Waals surface area contributed by atoms with Crippen molar-refractivity contribution in [3.63, 3.8) is 0 Å². The highest BCUT2D eigenvalue weighted by molar-refractivity contribution is 7.22. The third-order valence-corrected chi connectivity index (χ3v) is 4.85. The molecule has 1 amide bonds. The fourth-order valence-corrected chi connectivity index (χ4v) is 3.54. The summed E-state index contributed by atoms with van der Waals surface area (Å²) < 4.78 is 25.1. The third-order valence-electron chi connectivity index (χ3n) is 3.92. The van der Waals surface area contributed by atoms with Crippen molar-refractivity contribution in [2.24, 2.45) is 0 Å². The van der Waals surface area contributed by atoms with Gasteiger partial charge in [-0.1, -0.05) is 11.3 Å². The highest BCUT2D eigenvalue weighted by Crippen LogP contribution is 2.31. The van der Waals surface area contributed by atoms with E-state index in [1.165, 1.54) is 29.5 Å². The van der Waals surface area contributed by atoms with Crippen molar-refractivity contribution in [3.05, 3.63) is 53.5 Å². The number of nitrogens with zero attached hydrogens (tertiary/aromatic N) is 1. The first kappa shape index (κ1) is 15.6. The summed E-state index contributed by atoms with van der Waals surface area (Å²) >= 11 is 1.34. The molecule has 2 aromatic heterocycles. The molecule has 25 heavy (non-hydrogen) atoms. The number of rotatable bonds is 3. The monoisotopic (exact) mass is 356 g/mol. The predicted octanol–water partition coefficient (Wildman–Crippen LogP) is 4.75. The number of hydrogen-bond donors (Lipinski definition) is 1. The summed E-state index contributed by atoms with van der Waals surface area (Å²) in [5.41, 5.74) is 1.83. The molecule has 2 aromatic carbocycles. The average Bonchev–Trinajstić information content (AvgIpc) is 3.14. The van der Waals surface area contributed by atoms with Crippen LogP contribution >= 0.6 is 11.3 Å². The Morgan fingerprint density at radius 3 is 2.92 bits per heavy atom. The van der Waals surface area contributed by atoms with Gasteiger partial charge in [-0.05, 0) is 43.3 Å². The molecule has 0 aliphatic rings. The molecule has 0 fully saturated rings. The van der Waals surface area contributed by atoms with E-state index >= 15 is 0 Å². The van der Waals surface area contributed by atoms with Gasteiger partial charge in [-0.25, -0.2) is 9.37 Å². The van der Waals surface area contributed by atoms with E-state index in [1.54, 1.807) is 14.0 Å². The number of furan rings is 1. The Bertz CT molecular complexity index is 1120. The van der Waals surface area contributed by atoms with Crippen molar-refractivity contribution < 1.29 is 18.3 Å². The quantitative estimate of drug-likeness (QED) is 0.575. The highest BCUT2D eigenvalue weighted by atomic mass is 32.1. The van der Waals surface area contributed by atoms with Crippen LogP contribution in [0.3, 0.4) is 0 Å². The van der Waals surface area contributed by atoms with Crippen LogP contribution in [0.5, 0.6) is 5.75 Å². The van der Waals surface area contributed by atoms with E-state index in [0.717, 1.165) is 16.0 Å². The summed E-state index contributed by atoms with van der Waals surface area (Å²) in [6.07, 6.45) is 0. The third kappa shape index (κ3) is 2.72. The number of carbonyl (C=O) groups is 1. The van der Waals surface area contributed by atoms with E-state index in [1.807, 2.05) is 18.2 Å². The molecule has 126 valence electrons. The molecule has 5 nitrogen and oxygen atoms in total. The van der Waals surface area contributed by atoms with Gasteiger partial charge < -0.3 is 9.15 Å². The first-order valence-electron chi connectivity index (χ1n) is 7.50. The van der Waals surface area contributed by atoms with E-state index in [4.69, 9.17) is 9.15 Å². The minimum atomic E-state index is -0.417. The van der Waals surface area contributed by atoms with Crippen molar-refractivity contribution in [2.45, 2.75) is 6.92 Å². The normalized spacial score (nSPS) is 11.2. The largest absolute Gasteiger partial charge is 0.497 e. The molecular formula is C18H13FN2O3S. The van der Waals surface area contributed by atoms with Crippen LogP contribution in [0.15, 0.2) is 40.8 Å². The summed E-state index contributed by atoms with van der Waals surface area (Å²) in [5.74, 6) is 0.0882.